The van der Waals surface area contributed by atoms with Crippen LogP contribution in [-0.2, 0) is 0 Å². The molecule has 0 aromatic carbocycles. The highest BCUT2D eigenvalue weighted by Gasteiger charge is 2.26. The fourth-order valence-corrected chi connectivity index (χ4v) is 3.66. The maximum absolute atomic E-state index is 13.5. The lowest BCUT2D eigenvalue weighted by Gasteiger charge is -2.26. The molecule has 1 fully saturated rings. The number of rotatable bonds is 4. The number of amides is 1. The first-order chi connectivity index (χ1) is 13.0. The molecule has 0 saturated heterocycles. The molecular weight excluding hydrogens is 352 g/mol. The van der Waals surface area contributed by atoms with E-state index in [0.29, 0.717) is 11.4 Å². The van der Waals surface area contributed by atoms with E-state index in [0.717, 1.165) is 25.7 Å². The van der Waals surface area contributed by atoms with Crippen LogP contribution in [0.25, 0.3) is 5.52 Å². The van der Waals surface area contributed by atoms with Crippen LogP contribution in [-0.4, -0.2) is 25.1 Å². The third-order valence-electron chi connectivity index (χ3n) is 5.23. The van der Waals surface area contributed by atoms with Crippen molar-refractivity contribution in [1.82, 2.24) is 19.2 Å². The van der Waals surface area contributed by atoms with Crippen LogP contribution < -0.4 is 5.32 Å². The predicted octanol–water partition coefficient (Wildman–Crippen LogP) is 4.47. The number of hydrogen-bond acceptors (Lipinski definition) is 3. The Morgan fingerprint density at radius 3 is 2.78 bits per heavy atom. The number of imidazole rings is 1. The van der Waals surface area contributed by atoms with Crippen LogP contribution in [0, 0.1) is 5.92 Å². The predicted molar refractivity (Wildman–Crippen MR) is 97.0 cm³/mol. The van der Waals surface area contributed by atoms with Crippen LogP contribution in [0.1, 0.15) is 61.3 Å². The molecule has 0 radical (unpaired) electrons. The summed E-state index contributed by atoms with van der Waals surface area (Å²) in [5.41, 5.74) is 0.452. The highest BCUT2D eigenvalue weighted by Crippen LogP contribution is 2.34. The number of nitrogens with zero attached hydrogens (tertiary/aromatic N) is 4. The molecule has 0 aliphatic heterocycles. The summed E-state index contributed by atoms with van der Waals surface area (Å²) in [5, 5.41) is 6.66. The highest BCUT2D eigenvalue weighted by molar-refractivity contribution is 6.07. The van der Waals surface area contributed by atoms with Gasteiger partial charge >= 0.3 is 0 Å². The van der Waals surface area contributed by atoms with Gasteiger partial charge in [0.15, 0.2) is 11.4 Å². The molecule has 4 rings (SSSR count). The van der Waals surface area contributed by atoms with Crippen molar-refractivity contribution in [2.45, 2.75) is 45.1 Å². The third-order valence-corrected chi connectivity index (χ3v) is 5.23. The Morgan fingerprint density at radius 2 is 2.04 bits per heavy atom. The number of pyridine rings is 1. The topological polar surface area (TPSA) is 64.2 Å². The van der Waals surface area contributed by atoms with Gasteiger partial charge in [0.1, 0.15) is 6.33 Å². The van der Waals surface area contributed by atoms with Gasteiger partial charge in [0.05, 0.1) is 17.2 Å². The molecule has 3 heterocycles. The van der Waals surface area contributed by atoms with Gasteiger partial charge in [-0.25, -0.2) is 13.8 Å². The van der Waals surface area contributed by atoms with Crippen molar-refractivity contribution in [1.29, 1.82) is 0 Å². The lowest BCUT2D eigenvalue weighted by Crippen LogP contribution is -2.17. The second-order valence-corrected chi connectivity index (χ2v) is 7.16. The smallest absolute Gasteiger partial charge is 0.284 e. The fourth-order valence-electron chi connectivity index (χ4n) is 3.66. The number of aromatic nitrogens is 4. The van der Waals surface area contributed by atoms with Crippen LogP contribution in [0.4, 0.5) is 14.5 Å². The van der Waals surface area contributed by atoms with Crippen LogP contribution in [0.15, 0.2) is 36.9 Å². The Kier molecular flexibility index (Phi) is 4.63. The monoisotopic (exact) mass is 373 g/mol. The van der Waals surface area contributed by atoms with Gasteiger partial charge in [0.25, 0.3) is 12.3 Å². The van der Waals surface area contributed by atoms with Crippen LogP contribution in [0.3, 0.4) is 0 Å². The number of anilines is 1. The van der Waals surface area contributed by atoms with Crippen LogP contribution in [0.2, 0.25) is 0 Å². The van der Waals surface area contributed by atoms with E-state index in [1.165, 1.54) is 12.5 Å². The van der Waals surface area contributed by atoms with Gasteiger partial charge in [0.2, 0.25) is 0 Å². The molecule has 27 heavy (non-hydrogen) atoms. The van der Waals surface area contributed by atoms with Crippen molar-refractivity contribution < 1.29 is 13.6 Å². The van der Waals surface area contributed by atoms with Crippen molar-refractivity contribution in [3.63, 3.8) is 0 Å². The Labute approximate surface area is 155 Å². The zero-order valence-corrected chi connectivity index (χ0v) is 15.0. The molecule has 8 heteroatoms. The quantitative estimate of drug-likeness (QED) is 0.734. The molecule has 0 atom stereocenters. The van der Waals surface area contributed by atoms with E-state index in [9.17, 15) is 13.6 Å². The van der Waals surface area contributed by atoms with Crippen molar-refractivity contribution in [2.75, 3.05) is 5.32 Å². The normalized spacial score (nSPS) is 20.3. The average molecular weight is 373 g/mol. The number of hydrogen-bond donors (Lipinski definition) is 1. The maximum Gasteiger partial charge on any atom is 0.284 e. The molecule has 1 amide bonds. The highest BCUT2D eigenvalue weighted by atomic mass is 19.3. The van der Waals surface area contributed by atoms with Crippen molar-refractivity contribution in [2.24, 2.45) is 5.92 Å². The molecule has 1 saturated carbocycles. The Balaban J connectivity index is 1.60. The van der Waals surface area contributed by atoms with E-state index in [4.69, 9.17) is 0 Å². The summed E-state index contributed by atoms with van der Waals surface area (Å²) in [7, 11) is 0. The summed E-state index contributed by atoms with van der Waals surface area (Å²) < 4.78 is 30.2. The molecule has 1 N–H and O–H groups in total. The summed E-state index contributed by atoms with van der Waals surface area (Å²) in [5.74, 6) is 0.127. The van der Waals surface area contributed by atoms with Crippen molar-refractivity contribution in [3.8, 4) is 0 Å². The van der Waals surface area contributed by atoms with E-state index >= 15 is 0 Å². The zero-order valence-electron chi connectivity index (χ0n) is 15.0. The molecule has 3 aromatic rings. The minimum Gasteiger partial charge on any atom is -0.317 e. The first kappa shape index (κ1) is 17.6. The first-order valence-corrected chi connectivity index (χ1v) is 9.13. The van der Waals surface area contributed by atoms with Gasteiger partial charge in [-0.05, 0) is 43.7 Å². The molecule has 142 valence electrons. The molecular formula is C19H21F2N5O. The van der Waals surface area contributed by atoms with E-state index in [2.05, 4.69) is 22.3 Å². The largest absolute Gasteiger partial charge is 0.317 e. The van der Waals surface area contributed by atoms with E-state index in [1.807, 2.05) is 6.07 Å². The summed E-state index contributed by atoms with van der Waals surface area (Å²) >= 11 is 0. The van der Waals surface area contributed by atoms with Crippen LogP contribution >= 0.6 is 0 Å². The zero-order chi connectivity index (χ0) is 19.0. The molecule has 0 unspecified atom stereocenters. The molecule has 0 spiro atoms. The third kappa shape index (κ3) is 3.43. The van der Waals surface area contributed by atoms with E-state index in [1.54, 1.807) is 27.4 Å². The maximum atomic E-state index is 13.5. The van der Waals surface area contributed by atoms with Gasteiger partial charge in [-0.15, -0.1) is 0 Å². The van der Waals surface area contributed by atoms with E-state index in [-0.39, 0.29) is 17.4 Å². The summed E-state index contributed by atoms with van der Waals surface area (Å²) in [6.45, 7) is 2.20. The first-order valence-electron chi connectivity index (χ1n) is 9.13. The second kappa shape index (κ2) is 7.09. The molecule has 0 bridgehead atoms. The van der Waals surface area contributed by atoms with Crippen molar-refractivity contribution in [3.05, 3.63) is 48.3 Å². The SMILES string of the molecule is C[C@H]1CC[C@H](n2cc(NC(=O)c3ncn4ccccc34)c(C(F)F)n2)CC1. The standard InChI is InChI=1S/C19H21F2N5O/c1-12-5-7-13(8-6-12)26-10-14(16(24-26)18(20)21)23-19(27)17-15-4-2-3-9-25(15)11-22-17/h2-4,9-13,18H,5-8H2,1H3,(H,23,27)/t12-,13-. The average Bonchev–Trinajstić information content (AvgIpc) is 3.26. The number of carbonyl (C=O) groups excluding carboxylic acids is 1. The number of fused-ring (bicyclic) bond motifs is 1. The molecule has 6 nitrogen and oxygen atoms in total. The molecule has 3 aromatic heterocycles. The summed E-state index contributed by atoms with van der Waals surface area (Å²) in [4.78, 5) is 16.7. The van der Waals surface area contributed by atoms with Gasteiger partial charge in [-0.2, -0.15) is 5.10 Å². The number of nitrogens with one attached hydrogen (secondary N) is 1. The minimum atomic E-state index is -2.76. The van der Waals surface area contributed by atoms with Crippen molar-refractivity contribution >= 4 is 17.1 Å². The fraction of sp³-hybridized carbons (Fsp3) is 0.421. The number of carbonyl (C=O) groups is 1. The number of alkyl halides is 2. The molecule has 1 aliphatic carbocycles. The number of halogens is 2. The lowest BCUT2D eigenvalue weighted by molar-refractivity contribution is 0.102. The lowest BCUT2D eigenvalue weighted by atomic mass is 9.87. The minimum absolute atomic E-state index is 0.0469. The Hall–Kier alpha value is -2.77. The molecule has 1 aliphatic rings. The second-order valence-electron chi connectivity index (χ2n) is 7.16. The van der Waals surface area contributed by atoms with Gasteiger partial charge < -0.3 is 9.72 Å². The Morgan fingerprint density at radius 1 is 1.26 bits per heavy atom. The van der Waals surface area contributed by atoms with Gasteiger partial charge in [-0.3, -0.25) is 9.48 Å². The van der Waals surface area contributed by atoms with Gasteiger partial charge in [0, 0.05) is 12.4 Å². The van der Waals surface area contributed by atoms with Crippen LogP contribution in [0.5, 0.6) is 0 Å². The summed E-state index contributed by atoms with van der Waals surface area (Å²) in [6, 6.07) is 5.46. The van der Waals surface area contributed by atoms with Gasteiger partial charge in [-0.1, -0.05) is 13.0 Å². The summed E-state index contributed by atoms with van der Waals surface area (Å²) in [6.07, 6.45) is 5.97. The Bertz CT molecular complexity index is 956. The van der Waals surface area contributed by atoms with E-state index < -0.39 is 18.0 Å².